The van der Waals surface area contributed by atoms with Crippen molar-refractivity contribution in [3.05, 3.63) is 35.9 Å². The van der Waals surface area contributed by atoms with Crippen LogP contribution in [0.2, 0.25) is 0 Å². The maximum Gasteiger partial charge on any atom is 0.242 e. The van der Waals surface area contributed by atoms with E-state index >= 15 is 0 Å². The molecule has 4 nitrogen and oxygen atoms in total. The largest absolute Gasteiger partial charge is 0.339 e. The van der Waals surface area contributed by atoms with E-state index in [1.54, 1.807) is 4.90 Å². The Morgan fingerprint density at radius 1 is 1.25 bits per heavy atom. The van der Waals surface area contributed by atoms with Gasteiger partial charge in [-0.1, -0.05) is 30.3 Å². The fraction of sp³-hybridized carbons (Fsp3) is 0.467. The molecule has 0 aliphatic carbocycles. The summed E-state index contributed by atoms with van der Waals surface area (Å²) >= 11 is 1.50. The second-order valence-electron chi connectivity index (χ2n) is 4.86. The summed E-state index contributed by atoms with van der Waals surface area (Å²) in [6.45, 7) is 2.26. The van der Waals surface area contributed by atoms with Crippen molar-refractivity contribution in [1.29, 1.82) is 0 Å². The Hall–Kier alpha value is -1.49. The van der Waals surface area contributed by atoms with Gasteiger partial charge >= 0.3 is 0 Å². The van der Waals surface area contributed by atoms with Crippen molar-refractivity contribution >= 4 is 23.6 Å². The summed E-state index contributed by atoms with van der Waals surface area (Å²) in [5.41, 5.74) is 1.24. The van der Waals surface area contributed by atoms with Crippen LogP contribution in [0.4, 0.5) is 0 Å². The smallest absolute Gasteiger partial charge is 0.242 e. The second-order valence-corrected chi connectivity index (χ2v) is 5.73. The summed E-state index contributed by atoms with van der Waals surface area (Å²) in [6, 6.07) is 10.2. The molecule has 1 aliphatic heterocycles. The van der Waals surface area contributed by atoms with Crippen molar-refractivity contribution in [2.75, 3.05) is 38.2 Å². The quantitative estimate of drug-likeness (QED) is 0.820. The average Bonchev–Trinajstić information content (AvgIpc) is 2.47. The third-order valence-corrected chi connectivity index (χ3v) is 3.99. The number of thioether (sulfide) groups is 1. The molecular weight excluding hydrogens is 272 g/mol. The molecule has 0 aromatic heterocycles. The lowest BCUT2D eigenvalue weighted by molar-refractivity contribution is -0.143. The van der Waals surface area contributed by atoms with Crippen LogP contribution in [-0.2, 0) is 16.0 Å². The minimum absolute atomic E-state index is 0.0571. The highest BCUT2D eigenvalue weighted by molar-refractivity contribution is 7.99. The molecule has 0 unspecified atom stereocenters. The first-order chi connectivity index (χ1) is 9.70. The SMILES string of the molecule is CSCC(=O)N1CCN(CCc2ccccc2)C(=O)C1. The van der Waals surface area contributed by atoms with Crippen LogP contribution < -0.4 is 0 Å². The van der Waals surface area contributed by atoms with E-state index in [1.165, 1.54) is 17.3 Å². The molecule has 108 valence electrons. The van der Waals surface area contributed by atoms with Gasteiger partial charge < -0.3 is 9.80 Å². The summed E-state index contributed by atoms with van der Waals surface area (Å²) < 4.78 is 0. The Balaban J connectivity index is 1.81. The monoisotopic (exact) mass is 292 g/mol. The Morgan fingerprint density at radius 3 is 2.65 bits per heavy atom. The van der Waals surface area contributed by atoms with Gasteiger partial charge in [-0.05, 0) is 18.2 Å². The molecule has 0 N–H and O–H groups in total. The van der Waals surface area contributed by atoms with Gasteiger partial charge in [-0.3, -0.25) is 9.59 Å². The highest BCUT2D eigenvalue weighted by atomic mass is 32.2. The minimum atomic E-state index is 0.0571. The van der Waals surface area contributed by atoms with Crippen molar-refractivity contribution in [2.45, 2.75) is 6.42 Å². The van der Waals surface area contributed by atoms with E-state index in [9.17, 15) is 9.59 Å². The highest BCUT2D eigenvalue weighted by Crippen LogP contribution is 2.08. The van der Waals surface area contributed by atoms with Gasteiger partial charge in [-0.25, -0.2) is 0 Å². The summed E-state index contributed by atoms with van der Waals surface area (Å²) in [5, 5.41) is 0. The van der Waals surface area contributed by atoms with E-state index < -0.39 is 0 Å². The first kappa shape index (κ1) is 14.9. The van der Waals surface area contributed by atoms with Gasteiger partial charge in [-0.2, -0.15) is 11.8 Å². The molecule has 2 amide bonds. The van der Waals surface area contributed by atoms with Gasteiger partial charge in [0.1, 0.15) is 0 Å². The number of amides is 2. The molecule has 1 heterocycles. The lowest BCUT2D eigenvalue weighted by Gasteiger charge is -2.34. The van der Waals surface area contributed by atoms with E-state index in [2.05, 4.69) is 12.1 Å². The molecule has 0 bridgehead atoms. The predicted molar refractivity (Wildman–Crippen MR) is 81.7 cm³/mol. The van der Waals surface area contributed by atoms with E-state index in [-0.39, 0.29) is 18.4 Å². The number of benzene rings is 1. The van der Waals surface area contributed by atoms with Gasteiger partial charge in [0.25, 0.3) is 0 Å². The van der Waals surface area contributed by atoms with Crippen LogP contribution in [0.3, 0.4) is 0 Å². The van der Waals surface area contributed by atoms with Gasteiger partial charge in [0.05, 0.1) is 12.3 Å². The lowest BCUT2D eigenvalue weighted by atomic mass is 10.1. The van der Waals surface area contributed by atoms with Gasteiger partial charge in [0.15, 0.2) is 0 Å². The van der Waals surface area contributed by atoms with Crippen molar-refractivity contribution in [3.8, 4) is 0 Å². The van der Waals surface area contributed by atoms with Crippen LogP contribution in [0.15, 0.2) is 30.3 Å². The van der Waals surface area contributed by atoms with E-state index in [0.29, 0.717) is 18.8 Å². The number of carbonyl (C=O) groups is 2. The predicted octanol–water partition coefficient (Wildman–Crippen LogP) is 1.26. The Bertz CT molecular complexity index is 464. The Morgan fingerprint density at radius 2 is 2.00 bits per heavy atom. The number of carbonyl (C=O) groups excluding carboxylic acids is 2. The minimum Gasteiger partial charge on any atom is -0.339 e. The first-order valence-electron chi connectivity index (χ1n) is 6.79. The number of hydrogen-bond acceptors (Lipinski definition) is 3. The number of nitrogens with zero attached hydrogens (tertiary/aromatic N) is 2. The highest BCUT2D eigenvalue weighted by Gasteiger charge is 2.26. The van der Waals surface area contributed by atoms with Crippen molar-refractivity contribution in [1.82, 2.24) is 9.80 Å². The molecule has 2 rings (SSSR count). The standard InChI is InChI=1S/C15H20N2O2S/c1-20-12-15(19)17-10-9-16(14(18)11-17)8-7-13-5-3-2-4-6-13/h2-6H,7-12H2,1H3. The molecular formula is C15H20N2O2S. The summed E-state index contributed by atoms with van der Waals surface area (Å²) in [4.78, 5) is 27.3. The number of hydrogen-bond donors (Lipinski definition) is 0. The van der Waals surface area contributed by atoms with Crippen LogP contribution in [0, 0.1) is 0 Å². The molecule has 1 aliphatic rings. The van der Waals surface area contributed by atoms with Crippen LogP contribution >= 0.6 is 11.8 Å². The van der Waals surface area contributed by atoms with E-state index in [4.69, 9.17) is 0 Å². The molecule has 1 aromatic carbocycles. The Labute approximate surface area is 124 Å². The summed E-state index contributed by atoms with van der Waals surface area (Å²) in [7, 11) is 0. The maximum atomic E-state index is 12.1. The second kappa shape index (κ2) is 7.33. The molecule has 1 fully saturated rings. The zero-order valence-corrected chi connectivity index (χ0v) is 12.6. The molecule has 0 atom stereocenters. The fourth-order valence-corrected chi connectivity index (χ4v) is 2.71. The molecule has 0 spiro atoms. The lowest BCUT2D eigenvalue weighted by Crippen LogP contribution is -2.53. The zero-order chi connectivity index (χ0) is 14.4. The van der Waals surface area contributed by atoms with Gasteiger partial charge in [0.2, 0.25) is 11.8 Å². The molecule has 5 heteroatoms. The zero-order valence-electron chi connectivity index (χ0n) is 11.7. The van der Waals surface area contributed by atoms with Crippen molar-refractivity contribution in [2.24, 2.45) is 0 Å². The Kier molecular flexibility index (Phi) is 5.47. The van der Waals surface area contributed by atoms with E-state index in [1.807, 2.05) is 29.4 Å². The van der Waals surface area contributed by atoms with Crippen LogP contribution in [-0.4, -0.2) is 59.8 Å². The van der Waals surface area contributed by atoms with E-state index in [0.717, 1.165) is 13.0 Å². The van der Waals surface area contributed by atoms with Gasteiger partial charge in [-0.15, -0.1) is 0 Å². The molecule has 1 aromatic rings. The maximum absolute atomic E-state index is 12.1. The first-order valence-corrected chi connectivity index (χ1v) is 8.18. The third-order valence-electron chi connectivity index (χ3n) is 3.45. The van der Waals surface area contributed by atoms with Crippen LogP contribution in [0.5, 0.6) is 0 Å². The third kappa shape index (κ3) is 4.00. The normalized spacial score (nSPS) is 15.6. The molecule has 1 saturated heterocycles. The molecule has 20 heavy (non-hydrogen) atoms. The fourth-order valence-electron chi connectivity index (χ4n) is 2.28. The van der Waals surface area contributed by atoms with Crippen molar-refractivity contribution < 1.29 is 9.59 Å². The van der Waals surface area contributed by atoms with Crippen LogP contribution in [0.1, 0.15) is 5.56 Å². The molecule has 0 saturated carbocycles. The summed E-state index contributed by atoms with van der Waals surface area (Å²) in [6.07, 6.45) is 2.77. The average molecular weight is 292 g/mol. The topological polar surface area (TPSA) is 40.6 Å². The van der Waals surface area contributed by atoms with Crippen molar-refractivity contribution in [3.63, 3.8) is 0 Å². The molecule has 0 radical (unpaired) electrons. The van der Waals surface area contributed by atoms with Gasteiger partial charge in [0, 0.05) is 19.6 Å². The number of rotatable bonds is 5. The van der Waals surface area contributed by atoms with Crippen LogP contribution in [0.25, 0.3) is 0 Å². The summed E-state index contributed by atoms with van der Waals surface area (Å²) in [5.74, 6) is 0.576. The number of piperazine rings is 1.